The van der Waals surface area contributed by atoms with Crippen molar-refractivity contribution in [3.63, 3.8) is 0 Å². The van der Waals surface area contributed by atoms with Crippen LogP contribution < -0.4 is 15.6 Å². The monoisotopic (exact) mass is 313 g/mol. The third-order valence-electron chi connectivity index (χ3n) is 3.50. The Morgan fingerprint density at radius 3 is 2.91 bits per heavy atom. The van der Waals surface area contributed by atoms with Gasteiger partial charge in [-0.05, 0) is 19.1 Å². The fraction of sp³-hybridized carbons (Fsp3) is 0.188. The first-order valence-corrected chi connectivity index (χ1v) is 6.91. The molecule has 0 bridgehead atoms. The molecule has 3 aromatic rings. The number of nitrogens with one attached hydrogen (secondary N) is 1. The Morgan fingerprint density at radius 2 is 2.17 bits per heavy atom. The quantitative estimate of drug-likeness (QED) is 0.800. The molecule has 1 amide bonds. The Balaban J connectivity index is 2.05. The average Bonchev–Trinajstić information content (AvgIpc) is 2.88. The third kappa shape index (κ3) is 2.57. The maximum atomic E-state index is 12.6. The number of methoxy groups -OCH3 is 1. The molecule has 0 saturated heterocycles. The van der Waals surface area contributed by atoms with Gasteiger partial charge >= 0.3 is 0 Å². The summed E-state index contributed by atoms with van der Waals surface area (Å²) in [7, 11) is 3.12. The number of hydrogen-bond acceptors (Lipinski definition) is 5. The van der Waals surface area contributed by atoms with E-state index in [2.05, 4.69) is 10.3 Å². The zero-order valence-corrected chi connectivity index (χ0v) is 12.9. The molecule has 7 heteroatoms. The number of amides is 1. The van der Waals surface area contributed by atoms with Crippen molar-refractivity contribution < 1.29 is 13.9 Å². The normalized spacial score (nSPS) is 10.7. The highest BCUT2D eigenvalue weighted by Crippen LogP contribution is 2.23. The van der Waals surface area contributed by atoms with Crippen molar-refractivity contribution in [3.8, 4) is 5.75 Å². The summed E-state index contributed by atoms with van der Waals surface area (Å²) >= 11 is 0. The summed E-state index contributed by atoms with van der Waals surface area (Å²) in [5, 5.41) is 2.92. The number of aryl methyl sites for hydroxylation is 2. The first-order valence-electron chi connectivity index (χ1n) is 6.91. The number of furan rings is 1. The Morgan fingerprint density at radius 1 is 1.39 bits per heavy atom. The van der Waals surface area contributed by atoms with Gasteiger partial charge in [-0.1, -0.05) is 6.07 Å². The van der Waals surface area contributed by atoms with Gasteiger partial charge in [-0.25, -0.2) is 4.98 Å². The first-order chi connectivity index (χ1) is 11.0. The molecule has 0 fully saturated rings. The van der Waals surface area contributed by atoms with Crippen LogP contribution in [0.25, 0.3) is 11.1 Å². The number of anilines is 1. The summed E-state index contributed by atoms with van der Waals surface area (Å²) in [6.45, 7) is 1.63. The molecule has 0 aliphatic carbocycles. The molecule has 1 N–H and O–H groups in total. The third-order valence-corrected chi connectivity index (χ3v) is 3.50. The maximum absolute atomic E-state index is 12.6. The fourth-order valence-corrected chi connectivity index (χ4v) is 2.36. The van der Waals surface area contributed by atoms with Crippen molar-refractivity contribution >= 4 is 22.7 Å². The van der Waals surface area contributed by atoms with E-state index in [-0.39, 0.29) is 22.2 Å². The standard InChI is InChI=1S/C16H15N3O4/c1-9-12(13-15(23-9)17-8-19(2)16(13)21)14(20)18-10-5-4-6-11(7-10)22-3/h4-8H,1-3H3,(H,18,20). The van der Waals surface area contributed by atoms with Crippen LogP contribution in [-0.2, 0) is 7.05 Å². The van der Waals surface area contributed by atoms with E-state index < -0.39 is 5.91 Å². The van der Waals surface area contributed by atoms with Gasteiger partial charge in [-0.15, -0.1) is 0 Å². The lowest BCUT2D eigenvalue weighted by Crippen LogP contribution is -2.20. The molecule has 118 valence electrons. The molecule has 3 rings (SSSR count). The van der Waals surface area contributed by atoms with Crippen LogP contribution in [0.5, 0.6) is 5.75 Å². The second-order valence-electron chi connectivity index (χ2n) is 5.06. The smallest absolute Gasteiger partial charge is 0.265 e. The van der Waals surface area contributed by atoms with Crippen LogP contribution in [0, 0.1) is 6.92 Å². The van der Waals surface area contributed by atoms with Crippen LogP contribution in [0.2, 0.25) is 0 Å². The second kappa shape index (κ2) is 5.60. The summed E-state index contributed by atoms with van der Waals surface area (Å²) in [4.78, 5) is 28.9. The van der Waals surface area contributed by atoms with Gasteiger partial charge < -0.3 is 19.0 Å². The molecule has 1 aromatic carbocycles. The predicted octanol–water partition coefficient (Wildman–Crippen LogP) is 2.10. The van der Waals surface area contributed by atoms with Gasteiger partial charge in [0.15, 0.2) is 0 Å². The van der Waals surface area contributed by atoms with E-state index in [9.17, 15) is 9.59 Å². The molecular weight excluding hydrogens is 298 g/mol. The lowest BCUT2D eigenvalue weighted by atomic mass is 10.1. The SMILES string of the molecule is COc1cccc(NC(=O)c2c(C)oc3ncn(C)c(=O)c23)c1. The molecule has 2 aromatic heterocycles. The topological polar surface area (TPSA) is 86.4 Å². The van der Waals surface area contributed by atoms with Crippen LogP contribution >= 0.6 is 0 Å². The van der Waals surface area contributed by atoms with Crippen LogP contribution in [0.3, 0.4) is 0 Å². The van der Waals surface area contributed by atoms with Gasteiger partial charge in [-0.3, -0.25) is 9.59 Å². The highest BCUT2D eigenvalue weighted by molar-refractivity contribution is 6.12. The minimum atomic E-state index is -0.431. The molecule has 7 nitrogen and oxygen atoms in total. The Labute approximate surface area is 131 Å². The van der Waals surface area contributed by atoms with E-state index in [0.717, 1.165) is 0 Å². The number of carbonyl (C=O) groups excluding carboxylic acids is 1. The van der Waals surface area contributed by atoms with E-state index in [1.807, 2.05) is 0 Å². The molecule has 0 aliphatic heterocycles. The van der Waals surface area contributed by atoms with Crippen molar-refractivity contribution in [3.05, 3.63) is 52.3 Å². The van der Waals surface area contributed by atoms with Gasteiger partial charge in [0.25, 0.3) is 11.5 Å². The van der Waals surface area contributed by atoms with E-state index >= 15 is 0 Å². The second-order valence-corrected chi connectivity index (χ2v) is 5.06. The summed E-state index contributed by atoms with van der Waals surface area (Å²) < 4.78 is 11.9. The average molecular weight is 313 g/mol. The number of fused-ring (bicyclic) bond motifs is 1. The van der Waals surface area contributed by atoms with Crippen molar-refractivity contribution in [2.75, 3.05) is 12.4 Å². The summed E-state index contributed by atoms with van der Waals surface area (Å²) in [6, 6.07) is 6.95. The maximum Gasteiger partial charge on any atom is 0.265 e. The molecule has 0 spiro atoms. The predicted molar refractivity (Wildman–Crippen MR) is 84.9 cm³/mol. The number of nitrogens with zero attached hydrogens (tertiary/aromatic N) is 2. The lowest BCUT2D eigenvalue weighted by molar-refractivity contribution is 0.102. The van der Waals surface area contributed by atoms with Gasteiger partial charge in [-0.2, -0.15) is 0 Å². The summed E-state index contributed by atoms with van der Waals surface area (Å²) in [5.74, 6) is 0.532. The molecule has 0 unspecified atom stereocenters. The van der Waals surface area contributed by atoms with Crippen LogP contribution in [0.1, 0.15) is 16.1 Å². The minimum absolute atomic E-state index is 0.154. The van der Waals surface area contributed by atoms with Gasteiger partial charge in [0.1, 0.15) is 23.2 Å². The number of ether oxygens (including phenoxy) is 1. The zero-order chi connectivity index (χ0) is 16.6. The number of hydrogen-bond donors (Lipinski definition) is 1. The Hall–Kier alpha value is -3.09. The molecule has 0 aliphatic rings. The summed E-state index contributed by atoms with van der Waals surface area (Å²) in [5.41, 5.74) is 0.573. The van der Waals surface area contributed by atoms with E-state index in [4.69, 9.17) is 9.15 Å². The molecule has 23 heavy (non-hydrogen) atoms. The molecule has 0 atom stereocenters. The van der Waals surface area contributed by atoms with Crippen molar-refractivity contribution in [1.29, 1.82) is 0 Å². The number of carbonyl (C=O) groups is 1. The Kier molecular flexibility index (Phi) is 3.61. The highest BCUT2D eigenvalue weighted by atomic mass is 16.5. The van der Waals surface area contributed by atoms with E-state index in [1.165, 1.54) is 10.9 Å². The number of benzene rings is 1. The minimum Gasteiger partial charge on any atom is -0.497 e. The van der Waals surface area contributed by atoms with E-state index in [0.29, 0.717) is 17.2 Å². The fourth-order valence-electron chi connectivity index (χ4n) is 2.36. The van der Waals surface area contributed by atoms with Gasteiger partial charge in [0.2, 0.25) is 5.71 Å². The lowest BCUT2D eigenvalue weighted by Gasteiger charge is -2.06. The molecule has 0 radical (unpaired) electrons. The van der Waals surface area contributed by atoms with Crippen LogP contribution in [0.4, 0.5) is 5.69 Å². The van der Waals surface area contributed by atoms with Gasteiger partial charge in [0.05, 0.1) is 12.7 Å². The molecule has 2 heterocycles. The largest absolute Gasteiger partial charge is 0.497 e. The van der Waals surface area contributed by atoms with Crippen LogP contribution in [-0.4, -0.2) is 22.6 Å². The molecule has 0 saturated carbocycles. The zero-order valence-electron chi connectivity index (χ0n) is 12.9. The van der Waals surface area contributed by atoms with Crippen LogP contribution in [0.15, 0.2) is 39.8 Å². The van der Waals surface area contributed by atoms with Crippen molar-refractivity contribution in [2.45, 2.75) is 6.92 Å². The highest BCUT2D eigenvalue weighted by Gasteiger charge is 2.22. The van der Waals surface area contributed by atoms with Crippen molar-refractivity contribution in [2.24, 2.45) is 7.05 Å². The van der Waals surface area contributed by atoms with E-state index in [1.54, 1.807) is 45.3 Å². The van der Waals surface area contributed by atoms with Crippen molar-refractivity contribution in [1.82, 2.24) is 9.55 Å². The van der Waals surface area contributed by atoms with Gasteiger partial charge in [0, 0.05) is 18.8 Å². The first kappa shape index (κ1) is 14.8. The number of rotatable bonds is 3. The molecular formula is C16H15N3O4. The Bertz CT molecular complexity index is 956. The number of aromatic nitrogens is 2. The summed E-state index contributed by atoms with van der Waals surface area (Å²) in [6.07, 6.45) is 1.36.